The maximum atomic E-state index is 12.1. The first kappa shape index (κ1) is 16.0. The van der Waals surface area contributed by atoms with Gasteiger partial charge in [-0.2, -0.15) is 0 Å². The van der Waals surface area contributed by atoms with Crippen molar-refractivity contribution in [2.75, 3.05) is 13.6 Å². The zero-order valence-corrected chi connectivity index (χ0v) is 13.8. The highest BCUT2D eigenvalue weighted by Gasteiger charge is 2.14. The minimum atomic E-state index is 0.0303. The number of hydrogen-bond donors (Lipinski definition) is 2. The average molecular weight is 324 g/mol. The molecule has 0 bridgehead atoms. The Balaban J connectivity index is 1.81. The topological polar surface area (TPSA) is 33.5 Å². The molecule has 0 spiro atoms. The highest BCUT2D eigenvalue weighted by atomic mass is 35.5. The van der Waals surface area contributed by atoms with Gasteiger partial charge in [-0.15, -0.1) is 11.3 Å². The smallest absolute Gasteiger partial charge is 0.275 e. The summed E-state index contributed by atoms with van der Waals surface area (Å²) in [5.41, 5.74) is 1.12. The van der Waals surface area contributed by atoms with Crippen molar-refractivity contribution in [1.82, 2.24) is 5.32 Å². The van der Waals surface area contributed by atoms with Crippen molar-refractivity contribution in [3.05, 3.63) is 57.2 Å². The van der Waals surface area contributed by atoms with E-state index in [0.717, 1.165) is 21.3 Å². The zero-order valence-electron chi connectivity index (χ0n) is 12.2. The lowest BCUT2D eigenvalue weighted by Gasteiger charge is -2.17. The number of halogens is 1. The summed E-state index contributed by atoms with van der Waals surface area (Å²) in [5, 5.41) is 3.04. The van der Waals surface area contributed by atoms with Crippen molar-refractivity contribution >= 4 is 28.8 Å². The lowest BCUT2D eigenvalue weighted by atomic mass is 10.1. The van der Waals surface area contributed by atoms with Crippen molar-refractivity contribution < 1.29 is 9.69 Å². The Morgan fingerprint density at radius 1 is 1.29 bits per heavy atom. The maximum Gasteiger partial charge on any atom is 0.275 e. The van der Waals surface area contributed by atoms with Gasteiger partial charge in [0.1, 0.15) is 6.54 Å². The van der Waals surface area contributed by atoms with Crippen molar-refractivity contribution in [1.29, 1.82) is 0 Å². The van der Waals surface area contributed by atoms with Gasteiger partial charge in [0.05, 0.1) is 22.3 Å². The van der Waals surface area contributed by atoms with E-state index in [1.165, 1.54) is 4.88 Å². The molecule has 0 fully saturated rings. The van der Waals surface area contributed by atoms with Crippen LogP contribution in [0.2, 0.25) is 4.34 Å². The molecule has 0 saturated carbocycles. The van der Waals surface area contributed by atoms with Gasteiger partial charge in [0, 0.05) is 0 Å². The number of benzene rings is 1. The highest BCUT2D eigenvalue weighted by molar-refractivity contribution is 7.16. The molecule has 0 saturated heterocycles. The summed E-state index contributed by atoms with van der Waals surface area (Å²) in [6.45, 7) is 3.26. The third kappa shape index (κ3) is 5.16. The summed E-state index contributed by atoms with van der Waals surface area (Å²) < 4.78 is 0.792. The van der Waals surface area contributed by atoms with E-state index < -0.39 is 0 Å². The summed E-state index contributed by atoms with van der Waals surface area (Å²) in [4.78, 5) is 14.4. The number of carbonyl (C=O) groups excluding carboxylic acids is 1. The third-order valence-corrected chi connectivity index (χ3v) is 4.48. The Morgan fingerprint density at radius 2 is 2.00 bits per heavy atom. The Labute approximate surface area is 134 Å². The normalized spacial score (nSPS) is 13.7. The van der Waals surface area contributed by atoms with Crippen molar-refractivity contribution in [3.63, 3.8) is 0 Å². The molecule has 0 radical (unpaired) electrons. The van der Waals surface area contributed by atoms with Gasteiger partial charge in [-0.25, -0.2) is 0 Å². The van der Waals surface area contributed by atoms with Crippen LogP contribution in [0, 0.1) is 0 Å². The number of likely N-dealkylation sites (N-methyl/N-ethyl adjacent to an activating group) is 1. The fourth-order valence-corrected chi connectivity index (χ4v) is 3.40. The van der Waals surface area contributed by atoms with Crippen LogP contribution in [-0.2, 0) is 11.3 Å². The van der Waals surface area contributed by atoms with Crippen LogP contribution in [0.25, 0.3) is 0 Å². The molecule has 1 amide bonds. The summed E-state index contributed by atoms with van der Waals surface area (Å²) in [6, 6.07) is 13.9. The average Bonchev–Trinajstić information content (AvgIpc) is 2.84. The van der Waals surface area contributed by atoms with Crippen molar-refractivity contribution in [2.45, 2.75) is 19.5 Å². The predicted molar refractivity (Wildman–Crippen MR) is 87.8 cm³/mol. The van der Waals surface area contributed by atoms with Crippen LogP contribution >= 0.6 is 22.9 Å². The van der Waals surface area contributed by atoms with Crippen LogP contribution in [0.15, 0.2) is 42.5 Å². The molecule has 2 N–H and O–H groups in total. The van der Waals surface area contributed by atoms with Gasteiger partial charge in [-0.05, 0) is 24.6 Å². The van der Waals surface area contributed by atoms with Crippen LogP contribution in [0.4, 0.5) is 0 Å². The van der Waals surface area contributed by atoms with Crippen LogP contribution in [0.5, 0.6) is 0 Å². The molecule has 5 heteroatoms. The fourth-order valence-electron chi connectivity index (χ4n) is 2.20. The SMILES string of the molecule is C[C@H](NC(=O)C[NH+](C)Cc1ccc(Cl)s1)c1ccccc1. The summed E-state index contributed by atoms with van der Waals surface area (Å²) >= 11 is 7.48. The van der Waals surface area contributed by atoms with Gasteiger partial charge >= 0.3 is 0 Å². The molecule has 1 aromatic heterocycles. The zero-order chi connectivity index (χ0) is 15.2. The molecule has 2 atom stereocenters. The van der Waals surface area contributed by atoms with Crippen LogP contribution < -0.4 is 10.2 Å². The van der Waals surface area contributed by atoms with E-state index in [-0.39, 0.29) is 11.9 Å². The Morgan fingerprint density at radius 3 is 2.62 bits per heavy atom. The monoisotopic (exact) mass is 323 g/mol. The molecule has 1 unspecified atom stereocenters. The van der Waals surface area contributed by atoms with Gasteiger partial charge in [0.15, 0.2) is 6.54 Å². The molecule has 0 aliphatic rings. The minimum absolute atomic E-state index is 0.0303. The molecule has 3 nitrogen and oxygen atoms in total. The van der Waals surface area contributed by atoms with Crippen LogP contribution in [0.3, 0.4) is 0 Å². The first-order valence-corrected chi connectivity index (χ1v) is 8.14. The van der Waals surface area contributed by atoms with E-state index in [9.17, 15) is 4.79 Å². The Kier molecular flexibility index (Phi) is 5.79. The number of quaternary nitrogens is 1. The largest absolute Gasteiger partial charge is 0.345 e. The van der Waals surface area contributed by atoms with Crippen molar-refractivity contribution in [2.24, 2.45) is 0 Å². The van der Waals surface area contributed by atoms with Crippen molar-refractivity contribution in [3.8, 4) is 0 Å². The minimum Gasteiger partial charge on any atom is -0.345 e. The van der Waals surface area contributed by atoms with E-state index in [4.69, 9.17) is 11.6 Å². The van der Waals surface area contributed by atoms with Gasteiger partial charge in [-0.1, -0.05) is 41.9 Å². The lowest BCUT2D eigenvalue weighted by Crippen LogP contribution is -3.08. The molecular weight excluding hydrogens is 304 g/mol. The molecule has 2 rings (SSSR count). The van der Waals surface area contributed by atoms with Gasteiger partial charge < -0.3 is 10.2 Å². The van der Waals surface area contributed by atoms with Gasteiger partial charge in [0.2, 0.25) is 0 Å². The molecule has 2 aromatic rings. The number of rotatable bonds is 6. The number of hydrogen-bond acceptors (Lipinski definition) is 2. The summed E-state index contributed by atoms with van der Waals surface area (Å²) in [7, 11) is 2.01. The third-order valence-electron chi connectivity index (χ3n) is 3.24. The maximum absolute atomic E-state index is 12.1. The fraction of sp³-hybridized carbons (Fsp3) is 0.312. The summed E-state index contributed by atoms with van der Waals surface area (Å²) in [5.74, 6) is 0.0616. The van der Waals surface area contributed by atoms with E-state index in [1.807, 2.05) is 56.4 Å². The molecule has 1 aromatic carbocycles. The molecule has 21 heavy (non-hydrogen) atoms. The number of carbonyl (C=O) groups is 1. The molecule has 1 heterocycles. The van der Waals surface area contributed by atoms with E-state index >= 15 is 0 Å². The second-order valence-corrected chi connectivity index (χ2v) is 7.02. The molecule has 0 aliphatic carbocycles. The second kappa shape index (κ2) is 7.59. The van der Waals surface area contributed by atoms with E-state index in [1.54, 1.807) is 11.3 Å². The molecule has 112 valence electrons. The molecule has 0 aliphatic heterocycles. The lowest BCUT2D eigenvalue weighted by molar-refractivity contribution is -0.885. The second-order valence-electron chi connectivity index (χ2n) is 5.22. The highest BCUT2D eigenvalue weighted by Crippen LogP contribution is 2.20. The Hall–Kier alpha value is -1.36. The summed E-state index contributed by atoms with van der Waals surface area (Å²) in [6.07, 6.45) is 0. The van der Waals surface area contributed by atoms with Crippen LogP contribution in [-0.4, -0.2) is 19.5 Å². The molecular formula is C16H20ClN2OS+. The number of amides is 1. The first-order chi connectivity index (χ1) is 10.0. The quantitative estimate of drug-likeness (QED) is 0.840. The van der Waals surface area contributed by atoms with Gasteiger partial charge in [0.25, 0.3) is 5.91 Å². The van der Waals surface area contributed by atoms with Gasteiger partial charge in [-0.3, -0.25) is 4.79 Å². The van der Waals surface area contributed by atoms with Crippen LogP contribution in [0.1, 0.15) is 23.4 Å². The first-order valence-electron chi connectivity index (χ1n) is 6.94. The van der Waals surface area contributed by atoms with E-state index in [0.29, 0.717) is 6.54 Å². The number of nitrogens with one attached hydrogen (secondary N) is 2. The number of thiophene rings is 1. The predicted octanol–water partition coefficient (Wildman–Crippen LogP) is 2.29. The van der Waals surface area contributed by atoms with E-state index in [2.05, 4.69) is 5.32 Å². The standard InChI is InChI=1S/C16H19ClN2OS/c1-12(13-6-4-3-5-7-13)18-16(20)11-19(2)10-14-8-9-15(17)21-14/h3-9,12H,10-11H2,1-2H3,(H,18,20)/p+1/t12-/m0/s1. The Bertz CT molecular complexity index is 585.